The fraction of sp³-hybridized carbons (Fsp3) is 0.625. The summed E-state index contributed by atoms with van der Waals surface area (Å²) >= 11 is 3.46. The molecule has 0 saturated carbocycles. The molecule has 1 unspecified atom stereocenters. The van der Waals surface area contributed by atoms with Crippen LogP contribution in [0.1, 0.15) is 6.42 Å². The third kappa shape index (κ3) is 4.58. The first-order chi connectivity index (χ1) is 8.84. The van der Waals surface area contributed by atoms with Gasteiger partial charge in [-0.25, -0.2) is 4.79 Å². The molecular weight excluding hydrogens is 320 g/mol. The summed E-state index contributed by atoms with van der Waals surface area (Å²) in [7, 11) is 0. The Kier molecular flexibility index (Phi) is 5.86. The Morgan fingerprint density at radius 3 is 1.55 bits per heavy atom. The van der Waals surface area contributed by atoms with Gasteiger partial charge >= 0.3 is 30.1 Å². The molecule has 0 fully saturated rings. The van der Waals surface area contributed by atoms with Gasteiger partial charge in [0.1, 0.15) is 6.04 Å². The lowest BCUT2D eigenvalue weighted by Gasteiger charge is -2.28. The summed E-state index contributed by atoms with van der Waals surface area (Å²) in [6.45, 7) is 0. The van der Waals surface area contributed by atoms with Gasteiger partial charge in [-0.3, -0.25) is 14.5 Å². The van der Waals surface area contributed by atoms with E-state index in [0.29, 0.717) is 0 Å². The van der Waals surface area contributed by atoms with Crippen LogP contribution in [0.4, 0.5) is 26.3 Å². The van der Waals surface area contributed by atoms with E-state index < -0.39 is 53.3 Å². The van der Waals surface area contributed by atoms with Gasteiger partial charge in [-0.15, -0.1) is 0 Å². The van der Waals surface area contributed by atoms with Gasteiger partial charge in [0.05, 0.1) is 0 Å². The van der Waals surface area contributed by atoms with Crippen LogP contribution in [0.15, 0.2) is 0 Å². The van der Waals surface area contributed by atoms with Crippen LogP contribution in [0.3, 0.4) is 0 Å². The molecule has 0 aromatic carbocycles. The molecule has 0 aliphatic heterocycles. The molecule has 5 nitrogen and oxygen atoms in total. The van der Waals surface area contributed by atoms with E-state index in [0.717, 1.165) is 0 Å². The van der Waals surface area contributed by atoms with E-state index in [1.165, 1.54) is 0 Å². The highest BCUT2D eigenvalue weighted by atomic mass is 32.1. The molecule has 0 spiro atoms. The number of thiol groups is 1. The normalized spacial score (nSPS) is 13.8. The van der Waals surface area contributed by atoms with Crippen LogP contribution in [0.25, 0.3) is 0 Å². The van der Waals surface area contributed by atoms with Crippen molar-refractivity contribution >= 4 is 30.4 Å². The molecule has 0 radical (unpaired) electrons. The number of aliphatic carboxylic acids is 1. The van der Waals surface area contributed by atoms with E-state index in [9.17, 15) is 40.7 Å². The molecule has 1 atom stereocenters. The van der Waals surface area contributed by atoms with Gasteiger partial charge < -0.3 is 5.11 Å². The number of imide groups is 1. The van der Waals surface area contributed by atoms with Gasteiger partial charge in [-0.05, 0) is 12.2 Å². The number of carboxylic acid groups (broad SMARTS) is 1. The van der Waals surface area contributed by atoms with Crippen molar-refractivity contribution in [3.05, 3.63) is 0 Å². The highest BCUT2D eigenvalue weighted by Gasteiger charge is 2.55. The summed E-state index contributed by atoms with van der Waals surface area (Å²) in [6, 6.07) is -2.62. The predicted molar refractivity (Wildman–Crippen MR) is 53.9 cm³/mol. The van der Waals surface area contributed by atoms with Crippen molar-refractivity contribution < 1.29 is 45.8 Å². The lowest BCUT2D eigenvalue weighted by atomic mass is 10.1. The molecule has 0 aromatic heterocycles. The maximum absolute atomic E-state index is 12.2. The van der Waals surface area contributed by atoms with Gasteiger partial charge in [0.25, 0.3) is 0 Å². The number of amides is 2. The minimum atomic E-state index is -5.83. The third-order valence-corrected chi connectivity index (χ3v) is 2.18. The van der Waals surface area contributed by atoms with Gasteiger partial charge in [-0.2, -0.15) is 39.0 Å². The minimum absolute atomic E-state index is 0.455. The van der Waals surface area contributed by atoms with Gasteiger partial charge in [0.2, 0.25) is 0 Å². The summed E-state index contributed by atoms with van der Waals surface area (Å²) in [5.41, 5.74) is 0. The smallest absolute Gasteiger partial charge is 0.471 e. The van der Waals surface area contributed by atoms with Crippen molar-refractivity contribution in [1.29, 1.82) is 0 Å². The Morgan fingerprint density at radius 2 is 1.35 bits per heavy atom. The monoisotopic (exact) mass is 327 g/mol. The highest BCUT2D eigenvalue weighted by molar-refractivity contribution is 7.80. The van der Waals surface area contributed by atoms with Crippen molar-refractivity contribution in [2.24, 2.45) is 0 Å². The maximum Gasteiger partial charge on any atom is 0.471 e. The van der Waals surface area contributed by atoms with Crippen LogP contribution in [-0.2, 0) is 14.4 Å². The zero-order valence-electron chi connectivity index (χ0n) is 9.33. The standard InChI is InChI=1S/C8H7F6NO4S/c9-7(10,11)5(18)15(6(19)8(12,13)14)3(1-2-20)4(16)17/h3,20H,1-2H2,(H,16,17). The number of rotatable bonds is 4. The number of hydrogen-bond donors (Lipinski definition) is 2. The second-order valence-electron chi connectivity index (χ2n) is 3.34. The van der Waals surface area contributed by atoms with Crippen LogP contribution in [0, 0.1) is 0 Å². The summed E-state index contributed by atoms with van der Waals surface area (Å²) < 4.78 is 73.1. The van der Waals surface area contributed by atoms with Crippen LogP contribution in [0.5, 0.6) is 0 Å². The van der Waals surface area contributed by atoms with E-state index in [-0.39, 0.29) is 0 Å². The molecule has 2 amide bonds. The fourth-order valence-corrected chi connectivity index (χ4v) is 1.38. The quantitative estimate of drug-likeness (QED) is 0.602. The molecule has 0 aliphatic rings. The molecular formula is C8H7F6NO4S. The maximum atomic E-state index is 12.2. The van der Waals surface area contributed by atoms with Crippen LogP contribution >= 0.6 is 12.6 Å². The number of alkyl halides is 6. The number of carbonyl (C=O) groups is 3. The zero-order valence-corrected chi connectivity index (χ0v) is 10.2. The number of carbonyl (C=O) groups excluding carboxylic acids is 2. The molecule has 0 saturated heterocycles. The molecule has 20 heavy (non-hydrogen) atoms. The first kappa shape index (κ1) is 18.5. The molecule has 116 valence electrons. The van der Waals surface area contributed by atoms with E-state index in [4.69, 9.17) is 5.11 Å². The average Bonchev–Trinajstić information content (AvgIpc) is 2.24. The SMILES string of the molecule is O=C(O)C(CCS)N(C(=O)C(F)(F)F)C(=O)C(F)(F)F. The predicted octanol–water partition coefficient (Wildman–Crippen LogP) is 1.24. The van der Waals surface area contributed by atoms with Crippen molar-refractivity contribution in [1.82, 2.24) is 4.90 Å². The molecule has 1 N–H and O–H groups in total. The largest absolute Gasteiger partial charge is 0.480 e. The van der Waals surface area contributed by atoms with Crippen LogP contribution in [0.2, 0.25) is 0 Å². The van der Waals surface area contributed by atoms with Crippen LogP contribution in [-0.4, -0.2) is 51.9 Å². The van der Waals surface area contributed by atoms with E-state index >= 15 is 0 Å². The number of halogens is 6. The van der Waals surface area contributed by atoms with Crippen molar-refractivity contribution in [2.45, 2.75) is 24.8 Å². The Labute approximate surface area is 112 Å². The van der Waals surface area contributed by atoms with Gasteiger partial charge in [0.15, 0.2) is 0 Å². The first-order valence-electron chi connectivity index (χ1n) is 4.69. The summed E-state index contributed by atoms with van der Waals surface area (Å²) in [5.74, 6) is -9.04. The Balaban J connectivity index is 5.75. The second kappa shape index (κ2) is 6.33. The van der Waals surface area contributed by atoms with E-state index in [2.05, 4.69) is 12.6 Å². The lowest BCUT2D eigenvalue weighted by molar-refractivity contribution is -0.208. The Morgan fingerprint density at radius 1 is 1.00 bits per heavy atom. The van der Waals surface area contributed by atoms with Crippen molar-refractivity contribution in [3.63, 3.8) is 0 Å². The average molecular weight is 327 g/mol. The molecule has 0 heterocycles. The lowest BCUT2D eigenvalue weighted by Crippen LogP contribution is -2.57. The van der Waals surface area contributed by atoms with Crippen molar-refractivity contribution in [2.75, 3.05) is 5.75 Å². The highest BCUT2D eigenvalue weighted by Crippen LogP contribution is 2.27. The Hall–Kier alpha value is -1.46. The first-order valence-corrected chi connectivity index (χ1v) is 5.32. The third-order valence-electron chi connectivity index (χ3n) is 1.92. The zero-order chi connectivity index (χ0) is 16.3. The summed E-state index contributed by atoms with van der Waals surface area (Å²) in [5, 5.41) is 8.59. The van der Waals surface area contributed by atoms with E-state index in [1.807, 2.05) is 0 Å². The minimum Gasteiger partial charge on any atom is -0.480 e. The molecule has 12 heteroatoms. The van der Waals surface area contributed by atoms with Gasteiger partial charge in [-0.1, -0.05) is 0 Å². The van der Waals surface area contributed by atoms with E-state index in [1.54, 1.807) is 0 Å². The molecule has 0 aliphatic carbocycles. The molecule has 0 rings (SSSR count). The Bertz CT molecular complexity index is 381. The number of hydrogen-bond acceptors (Lipinski definition) is 4. The van der Waals surface area contributed by atoms with Crippen molar-refractivity contribution in [3.8, 4) is 0 Å². The molecule has 0 bridgehead atoms. The summed E-state index contributed by atoms with van der Waals surface area (Å²) in [6.07, 6.45) is -12.5. The second-order valence-corrected chi connectivity index (χ2v) is 3.79. The molecule has 0 aromatic rings. The number of carboxylic acids is 1. The number of nitrogens with zero attached hydrogens (tertiary/aromatic N) is 1. The van der Waals surface area contributed by atoms with Crippen LogP contribution < -0.4 is 0 Å². The topological polar surface area (TPSA) is 74.7 Å². The van der Waals surface area contributed by atoms with Gasteiger partial charge in [0, 0.05) is 0 Å². The summed E-state index contributed by atoms with van der Waals surface area (Å²) in [4.78, 5) is 31.1. The fourth-order valence-electron chi connectivity index (χ4n) is 1.13.